The van der Waals surface area contributed by atoms with E-state index in [2.05, 4.69) is 16.2 Å². The van der Waals surface area contributed by atoms with Crippen molar-refractivity contribution in [2.24, 2.45) is 0 Å². The number of carboxylic acid groups (broad SMARTS) is 1. The van der Waals surface area contributed by atoms with Crippen LogP contribution in [0.25, 0.3) is 0 Å². The van der Waals surface area contributed by atoms with E-state index in [4.69, 9.17) is 11.5 Å². The minimum atomic E-state index is -0.968. The maximum absolute atomic E-state index is 10.7. The van der Waals surface area contributed by atoms with Crippen molar-refractivity contribution < 1.29 is 9.90 Å². The highest BCUT2D eigenvalue weighted by Crippen LogP contribution is 2.08. The van der Waals surface area contributed by atoms with Gasteiger partial charge in [-0.25, -0.2) is 9.78 Å². The molecule has 1 aromatic heterocycles. The first-order chi connectivity index (χ1) is 7.13. The molecule has 1 rings (SSSR count). The first kappa shape index (κ1) is 11.1. The zero-order valence-electron chi connectivity index (χ0n) is 8.40. The topological polar surface area (TPSA) is 62.2 Å². The minimum absolute atomic E-state index is 0.0755. The molecule has 1 unspecified atom stereocenters. The smallest absolute Gasteiger partial charge is 0.335 e. The molecule has 0 spiro atoms. The van der Waals surface area contributed by atoms with Crippen LogP contribution in [0.4, 0.5) is 5.82 Å². The molecule has 0 bridgehead atoms. The summed E-state index contributed by atoms with van der Waals surface area (Å²) in [4.78, 5) is 14.7. The molecule has 0 amide bonds. The van der Waals surface area contributed by atoms with Gasteiger partial charge in [-0.1, -0.05) is 0 Å². The Bertz CT molecular complexity index is 396. The van der Waals surface area contributed by atoms with E-state index in [0.29, 0.717) is 12.2 Å². The number of aromatic carboxylic acids is 1. The Labute approximate surface area is 88.3 Å². The van der Waals surface area contributed by atoms with Crippen LogP contribution < -0.4 is 5.32 Å². The second-order valence-electron chi connectivity index (χ2n) is 3.19. The van der Waals surface area contributed by atoms with Crippen LogP contribution in [0.15, 0.2) is 18.3 Å². The fourth-order valence-corrected chi connectivity index (χ4v) is 1.12. The first-order valence-electron chi connectivity index (χ1n) is 4.53. The monoisotopic (exact) mass is 204 g/mol. The Morgan fingerprint density at radius 1 is 1.80 bits per heavy atom. The molecule has 1 heterocycles. The zero-order chi connectivity index (χ0) is 11.3. The summed E-state index contributed by atoms with van der Waals surface area (Å²) < 4.78 is 0. The minimum Gasteiger partial charge on any atom is -0.478 e. The number of carboxylic acids is 1. The fraction of sp³-hybridized carbons (Fsp3) is 0.273. The van der Waals surface area contributed by atoms with Gasteiger partial charge in [-0.05, 0) is 19.1 Å². The summed E-state index contributed by atoms with van der Waals surface area (Å²) in [6.07, 6.45) is 7.18. The molecule has 1 atom stereocenters. The third-order valence-corrected chi connectivity index (χ3v) is 1.83. The van der Waals surface area contributed by atoms with Crippen molar-refractivity contribution in [3.05, 3.63) is 23.9 Å². The molecule has 0 saturated heterocycles. The van der Waals surface area contributed by atoms with Gasteiger partial charge in [-0.3, -0.25) is 0 Å². The summed E-state index contributed by atoms with van der Waals surface area (Å²) in [6, 6.07) is 3.00. The Kier molecular flexibility index (Phi) is 3.69. The molecule has 0 fully saturated rings. The molecule has 78 valence electrons. The molecule has 0 radical (unpaired) electrons. The van der Waals surface area contributed by atoms with E-state index in [-0.39, 0.29) is 11.6 Å². The van der Waals surface area contributed by atoms with Crippen molar-refractivity contribution in [2.45, 2.75) is 19.4 Å². The van der Waals surface area contributed by atoms with Gasteiger partial charge in [0, 0.05) is 18.7 Å². The van der Waals surface area contributed by atoms with Gasteiger partial charge >= 0.3 is 5.97 Å². The SMILES string of the molecule is C#CCC(C)Nc1cc(C(=O)O)ccn1. The molecule has 0 aliphatic heterocycles. The van der Waals surface area contributed by atoms with Crippen LogP contribution in [0.1, 0.15) is 23.7 Å². The predicted molar refractivity (Wildman–Crippen MR) is 57.7 cm³/mol. The number of carbonyl (C=O) groups is 1. The molecule has 1 aromatic rings. The third-order valence-electron chi connectivity index (χ3n) is 1.83. The third kappa shape index (κ3) is 3.31. The van der Waals surface area contributed by atoms with E-state index in [1.807, 2.05) is 6.92 Å². The Morgan fingerprint density at radius 3 is 3.13 bits per heavy atom. The van der Waals surface area contributed by atoms with E-state index in [1.54, 1.807) is 0 Å². The molecular weight excluding hydrogens is 192 g/mol. The van der Waals surface area contributed by atoms with Crippen LogP contribution in [0.2, 0.25) is 0 Å². The molecule has 0 saturated carbocycles. The van der Waals surface area contributed by atoms with Gasteiger partial charge < -0.3 is 10.4 Å². The van der Waals surface area contributed by atoms with Gasteiger partial charge in [0.15, 0.2) is 0 Å². The Balaban J connectivity index is 2.74. The van der Waals surface area contributed by atoms with E-state index in [1.165, 1.54) is 18.3 Å². The molecular formula is C11H12N2O2. The first-order valence-corrected chi connectivity index (χ1v) is 4.53. The van der Waals surface area contributed by atoms with Crippen LogP contribution in [0.5, 0.6) is 0 Å². The summed E-state index contributed by atoms with van der Waals surface area (Å²) >= 11 is 0. The lowest BCUT2D eigenvalue weighted by atomic mass is 10.2. The van der Waals surface area contributed by atoms with Crippen molar-refractivity contribution in [2.75, 3.05) is 5.32 Å². The summed E-state index contributed by atoms with van der Waals surface area (Å²) in [5.74, 6) is 2.08. The van der Waals surface area contributed by atoms with Crippen LogP contribution >= 0.6 is 0 Å². The van der Waals surface area contributed by atoms with Gasteiger partial charge in [0.25, 0.3) is 0 Å². The second-order valence-corrected chi connectivity index (χ2v) is 3.19. The number of pyridine rings is 1. The van der Waals surface area contributed by atoms with E-state index in [0.717, 1.165) is 0 Å². The van der Waals surface area contributed by atoms with Crippen LogP contribution in [-0.4, -0.2) is 22.1 Å². The van der Waals surface area contributed by atoms with Crippen molar-refractivity contribution >= 4 is 11.8 Å². The number of nitrogens with one attached hydrogen (secondary N) is 1. The Morgan fingerprint density at radius 2 is 2.53 bits per heavy atom. The fourth-order valence-electron chi connectivity index (χ4n) is 1.12. The van der Waals surface area contributed by atoms with E-state index >= 15 is 0 Å². The van der Waals surface area contributed by atoms with Crippen molar-refractivity contribution in [3.8, 4) is 12.3 Å². The molecule has 0 aromatic carbocycles. The number of terminal acetylenes is 1. The quantitative estimate of drug-likeness (QED) is 0.731. The maximum atomic E-state index is 10.7. The number of hydrogen-bond acceptors (Lipinski definition) is 3. The lowest BCUT2D eigenvalue weighted by molar-refractivity contribution is 0.0697. The second kappa shape index (κ2) is 5.01. The number of rotatable bonds is 4. The molecule has 0 aliphatic carbocycles. The predicted octanol–water partition coefficient (Wildman–Crippen LogP) is 1.60. The zero-order valence-corrected chi connectivity index (χ0v) is 8.40. The van der Waals surface area contributed by atoms with Gasteiger partial charge in [0.1, 0.15) is 5.82 Å². The summed E-state index contributed by atoms with van der Waals surface area (Å²) in [6.45, 7) is 1.91. The summed E-state index contributed by atoms with van der Waals surface area (Å²) in [5.41, 5.74) is 0.209. The van der Waals surface area contributed by atoms with Crippen molar-refractivity contribution in [1.29, 1.82) is 0 Å². The maximum Gasteiger partial charge on any atom is 0.335 e. The normalized spacial score (nSPS) is 11.5. The lowest BCUT2D eigenvalue weighted by Crippen LogP contribution is -2.15. The van der Waals surface area contributed by atoms with Gasteiger partial charge in [-0.15, -0.1) is 12.3 Å². The highest BCUT2D eigenvalue weighted by atomic mass is 16.4. The number of nitrogens with zero attached hydrogens (tertiary/aromatic N) is 1. The van der Waals surface area contributed by atoms with E-state index in [9.17, 15) is 4.79 Å². The van der Waals surface area contributed by atoms with Gasteiger partial charge in [-0.2, -0.15) is 0 Å². The molecule has 4 heteroatoms. The highest BCUT2D eigenvalue weighted by Gasteiger charge is 2.05. The molecule has 2 N–H and O–H groups in total. The largest absolute Gasteiger partial charge is 0.478 e. The average Bonchev–Trinajstić information content (AvgIpc) is 2.18. The van der Waals surface area contributed by atoms with Gasteiger partial charge in [0.2, 0.25) is 0 Å². The number of aromatic nitrogens is 1. The average molecular weight is 204 g/mol. The molecule has 0 aliphatic rings. The van der Waals surface area contributed by atoms with Crippen LogP contribution in [0.3, 0.4) is 0 Å². The lowest BCUT2D eigenvalue weighted by Gasteiger charge is -2.11. The van der Waals surface area contributed by atoms with E-state index < -0.39 is 5.97 Å². The van der Waals surface area contributed by atoms with Gasteiger partial charge in [0.05, 0.1) is 5.56 Å². The van der Waals surface area contributed by atoms with Crippen LogP contribution in [0, 0.1) is 12.3 Å². The Hall–Kier alpha value is -2.02. The van der Waals surface area contributed by atoms with Crippen molar-refractivity contribution in [3.63, 3.8) is 0 Å². The standard InChI is InChI=1S/C11H12N2O2/c1-3-4-8(2)13-10-7-9(11(14)15)5-6-12-10/h1,5-8H,4H2,2H3,(H,12,13)(H,14,15). The number of hydrogen-bond donors (Lipinski definition) is 2. The summed E-state index contributed by atoms with van der Waals surface area (Å²) in [7, 11) is 0. The van der Waals surface area contributed by atoms with Crippen molar-refractivity contribution in [1.82, 2.24) is 4.98 Å². The molecule has 4 nitrogen and oxygen atoms in total. The highest BCUT2D eigenvalue weighted by molar-refractivity contribution is 5.88. The summed E-state index contributed by atoms with van der Waals surface area (Å²) in [5, 5.41) is 11.8. The van der Waals surface area contributed by atoms with Crippen LogP contribution in [-0.2, 0) is 0 Å². The number of anilines is 1. The molecule has 15 heavy (non-hydrogen) atoms.